The van der Waals surface area contributed by atoms with E-state index in [1.807, 2.05) is 24.3 Å². The third-order valence-electron chi connectivity index (χ3n) is 4.83. The Hall–Kier alpha value is -0.770. The van der Waals surface area contributed by atoms with Crippen LogP contribution in [0.2, 0.25) is 10.0 Å². The van der Waals surface area contributed by atoms with Crippen molar-refractivity contribution in [1.82, 2.24) is 10.2 Å². The molecule has 1 N–H and O–H groups in total. The minimum atomic E-state index is 0. The van der Waals surface area contributed by atoms with Crippen molar-refractivity contribution in [2.24, 2.45) is 0 Å². The standard InChI is InChI=1S/C20H24Cl2N2.ClH/c1-3-19-12-23-14(2)13-24(19)20(15-4-8-17(21)9-5-15)16-6-10-18(22)11-7-16;/h4-11,14,19-20,23H,3,12-13H2,1-2H3;1H/t14-,19+;/m0./s1. The summed E-state index contributed by atoms with van der Waals surface area (Å²) in [5.74, 6) is 0. The molecule has 0 aromatic heterocycles. The van der Waals surface area contributed by atoms with Gasteiger partial charge < -0.3 is 5.32 Å². The molecule has 0 spiro atoms. The Morgan fingerprint density at radius 2 is 1.48 bits per heavy atom. The molecule has 2 aromatic rings. The van der Waals surface area contributed by atoms with Gasteiger partial charge >= 0.3 is 0 Å². The highest BCUT2D eigenvalue weighted by Gasteiger charge is 2.32. The van der Waals surface area contributed by atoms with Gasteiger partial charge in [0.15, 0.2) is 0 Å². The Labute approximate surface area is 166 Å². The first-order valence-corrected chi connectivity index (χ1v) is 9.34. The van der Waals surface area contributed by atoms with Gasteiger partial charge in [-0.25, -0.2) is 0 Å². The van der Waals surface area contributed by atoms with Crippen LogP contribution >= 0.6 is 35.6 Å². The van der Waals surface area contributed by atoms with E-state index in [4.69, 9.17) is 23.2 Å². The van der Waals surface area contributed by atoms with Gasteiger partial charge in [0.2, 0.25) is 0 Å². The van der Waals surface area contributed by atoms with Crippen LogP contribution < -0.4 is 5.32 Å². The fourth-order valence-electron chi connectivity index (χ4n) is 3.54. The molecule has 5 heteroatoms. The van der Waals surface area contributed by atoms with Gasteiger partial charge in [-0.1, -0.05) is 54.4 Å². The summed E-state index contributed by atoms with van der Waals surface area (Å²) >= 11 is 12.2. The van der Waals surface area contributed by atoms with E-state index in [2.05, 4.69) is 48.3 Å². The van der Waals surface area contributed by atoms with Gasteiger partial charge in [0.25, 0.3) is 0 Å². The van der Waals surface area contributed by atoms with Crippen molar-refractivity contribution in [1.29, 1.82) is 0 Å². The summed E-state index contributed by atoms with van der Waals surface area (Å²) in [5, 5.41) is 5.15. The van der Waals surface area contributed by atoms with Crippen LogP contribution in [0.4, 0.5) is 0 Å². The van der Waals surface area contributed by atoms with Crippen LogP contribution in [0.25, 0.3) is 0 Å². The molecular weight excluding hydrogens is 375 g/mol. The molecule has 1 fully saturated rings. The van der Waals surface area contributed by atoms with Crippen LogP contribution in [0.3, 0.4) is 0 Å². The van der Waals surface area contributed by atoms with Crippen LogP contribution in [0.1, 0.15) is 37.4 Å². The Morgan fingerprint density at radius 1 is 1.00 bits per heavy atom. The van der Waals surface area contributed by atoms with E-state index in [0.717, 1.165) is 29.6 Å². The van der Waals surface area contributed by atoms with Crippen molar-refractivity contribution in [3.8, 4) is 0 Å². The van der Waals surface area contributed by atoms with E-state index < -0.39 is 0 Å². The number of nitrogens with zero attached hydrogens (tertiary/aromatic N) is 1. The number of nitrogens with one attached hydrogen (secondary N) is 1. The fourth-order valence-corrected chi connectivity index (χ4v) is 3.80. The highest BCUT2D eigenvalue weighted by atomic mass is 35.5. The zero-order valence-corrected chi connectivity index (χ0v) is 16.9. The molecule has 1 aliphatic rings. The lowest BCUT2D eigenvalue weighted by molar-refractivity contribution is 0.0996. The molecule has 0 radical (unpaired) electrons. The summed E-state index contributed by atoms with van der Waals surface area (Å²) in [6.07, 6.45) is 1.12. The topological polar surface area (TPSA) is 15.3 Å². The van der Waals surface area contributed by atoms with E-state index in [9.17, 15) is 0 Å². The zero-order chi connectivity index (χ0) is 17.1. The summed E-state index contributed by atoms with van der Waals surface area (Å²) < 4.78 is 0. The van der Waals surface area contributed by atoms with Gasteiger partial charge in [-0.15, -0.1) is 12.4 Å². The maximum Gasteiger partial charge on any atom is 0.0605 e. The molecule has 2 atom stereocenters. The maximum atomic E-state index is 6.11. The highest BCUT2D eigenvalue weighted by molar-refractivity contribution is 6.30. The number of piperazine rings is 1. The first-order chi connectivity index (χ1) is 11.6. The Kier molecular flexibility index (Phi) is 7.60. The van der Waals surface area contributed by atoms with Crippen LogP contribution in [0.15, 0.2) is 48.5 Å². The number of rotatable bonds is 4. The predicted molar refractivity (Wildman–Crippen MR) is 110 cm³/mol. The number of benzene rings is 2. The summed E-state index contributed by atoms with van der Waals surface area (Å²) in [5.41, 5.74) is 2.54. The van der Waals surface area contributed by atoms with Crippen molar-refractivity contribution in [2.75, 3.05) is 13.1 Å². The average Bonchev–Trinajstić information content (AvgIpc) is 2.59. The van der Waals surface area contributed by atoms with Crippen LogP contribution in [0, 0.1) is 0 Å². The van der Waals surface area contributed by atoms with Gasteiger partial charge in [-0.2, -0.15) is 0 Å². The van der Waals surface area contributed by atoms with Crippen molar-refractivity contribution in [2.45, 2.75) is 38.4 Å². The number of hydrogen-bond acceptors (Lipinski definition) is 2. The van der Waals surface area contributed by atoms with E-state index in [0.29, 0.717) is 12.1 Å². The van der Waals surface area contributed by atoms with Crippen molar-refractivity contribution in [3.05, 3.63) is 69.7 Å². The van der Waals surface area contributed by atoms with Gasteiger partial charge in [0.1, 0.15) is 0 Å². The monoisotopic (exact) mass is 398 g/mol. The van der Waals surface area contributed by atoms with Crippen molar-refractivity contribution in [3.63, 3.8) is 0 Å². The lowest BCUT2D eigenvalue weighted by Crippen LogP contribution is -2.56. The second kappa shape index (κ2) is 9.25. The summed E-state index contributed by atoms with van der Waals surface area (Å²) in [6.45, 7) is 6.56. The first-order valence-electron chi connectivity index (χ1n) is 8.58. The zero-order valence-electron chi connectivity index (χ0n) is 14.6. The molecule has 3 rings (SSSR count). The summed E-state index contributed by atoms with van der Waals surface area (Å²) in [4.78, 5) is 2.62. The molecule has 0 bridgehead atoms. The van der Waals surface area contributed by atoms with Crippen molar-refractivity contribution >= 4 is 35.6 Å². The lowest BCUT2D eigenvalue weighted by Gasteiger charge is -2.44. The summed E-state index contributed by atoms with van der Waals surface area (Å²) in [6, 6.07) is 17.7. The Bertz CT molecular complexity index is 612. The molecule has 136 valence electrons. The smallest absolute Gasteiger partial charge is 0.0605 e. The normalized spacial score (nSPS) is 21.2. The fraction of sp³-hybridized carbons (Fsp3) is 0.400. The average molecular weight is 400 g/mol. The van der Waals surface area contributed by atoms with Gasteiger partial charge in [-0.3, -0.25) is 4.90 Å². The third-order valence-corrected chi connectivity index (χ3v) is 5.33. The third kappa shape index (κ3) is 4.90. The molecule has 1 saturated heterocycles. The van der Waals surface area contributed by atoms with Crippen LogP contribution in [-0.2, 0) is 0 Å². The Balaban J connectivity index is 0.00000225. The SMILES string of the molecule is CC[C@@H]1CN[C@@H](C)CN1C(c1ccc(Cl)cc1)c1ccc(Cl)cc1.Cl. The molecule has 0 aliphatic carbocycles. The van der Waals surface area contributed by atoms with E-state index in [-0.39, 0.29) is 18.4 Å². The molecule has 25 heavy (non-hydrogen) atoms. The quantitative estimate of drug-likeness (QED) is 0.722. The van der Waals surface area contributed by atoms with Gasteiger partial charge in [0.05, 0.1) is 6.04 Å². The van der Waals surface area contributed by atoms with Crippen molar-refractivity contribution < 1.29 is 0 Å². The molecular formula is C20H25Cl3N2. The van der Waals surface area contributed by atoms with Crippen LogP contribution in [0.5, 0.6) is 0 Å². The first kappa shape index (κ1) is 20.5. The molecule has 2 aromatic carbocycles. The largest absolute Gasteiger partial charge is 0.311 e. The number of hydrogen-bond donors (Lipinski definition) is 1. The minimum Gasteiger partial charge on any atom is -0.311 e. The molecule has 2 nitrogen and oxygen atoms in total. The molecule has 0 saturated carbocycles. The molecule has 1 aliphatic heterocycles. The number of halogens is 3. The summed E-state index contributed by atoms with van der Waals surface area (Å²) in [7, 11) is 0. The highest BCUT2D eigenvalue weighted by Crippen LogP contribution is 2.33. The van der Waals surface area contributed by atoms with E-state index in [1.54, 1.807) is 0 Å². The predicted octanol–water partition coefficient (Wildman–Crippen LogP) is 5.58. The molecule has 1 heterocycles. The second-order valence-electron chi connectivity index (χ2n) is 6.57. The maximum absolute atomic E-state index is 6.11. The Morgan fingerprint density at radius 3 is 1.92 bits per heavy atom. The molecule has 0 amide bonds. The lowest BCUT2D eigenvalue weighted by atomic mass is 9.93. The van der Waals surface area contributed by atoms with Gasteiger partial charge in [-0.05, 0) is 48.7 Å². The second-order valence-corrected chi connectivity index (χ2v) is 7.45. The van der Waals surface area contributed by atoms with E-state index >= 15 is 0 Å². The molecule has 0 unspecified atom stereocenters. The van der Waals surface area contributed by atoms with E-state index in [1.165, 1.54) is 11.1 Å². The van der Waals surface area contributed by atoms with Crippen LogP contribution in [-0.4, -0.2) is 30.1 Å². The van der Waals surface area contributed by atoms with Gasteiger partial charge in [0, 0.05) is 35.2 Å². The minimum absolute atomic E-state index is 0.